The molecular formula is C18H27N5. The molecule has 0 radical (unpaired) electrons. The van der Waals surface area contributed by atoms with Gasteiger partial charge in [0.2, 0.25) is 0 Å². The number of nitrogens with zero attached hydrogens (tertiary/aromatic N) is 4. The maximum Gasteiger partial charge on any atom is 0.176 e. The van der Waals surface area contributed by atoms with Crippen LogP contribution in [0.25, 0.3) is 5.69 Å². The largest absolute Gasteiger partial charge is 0.302 e. The Morgan fingerprint density at radius 2 is 1.96 bits per heavy atom. The third kappa shape index (κ3) is 3.29. The van der Waals surface area contributed by atoms with Crippen molar-refractivity contribution < 1.29 is 0 Å². The van der Waals surface area contributed by atoms with E-state index in [4.69, 9.17) is 0 Å². The van der Waals surface area contributed by atoms with Crippen molar-refractivity contribution >= 4 is 0 Å². The number of hydrogen-bond donors (Lipinski definition) is 1. The third-order valence-corrected chi connectivity index (χ3v) is 5.14. The van der Waals surface area contributed by atoms with Crippen LogP contribution in [-0.2, 0) is 5.54 Å². The number of benzene rings is 1. The van der Waals surface area contributed by atoms with Gasteiger partial charge in [0, 0.05) is 6.04 Å². The molecule has 1 aliphatic carbocycles. The Labute approximate surface area is 138 Å². The van der Waals surface area contributed by atoms with Crippen LogP contribution in [0.15, 0.2) is 24.3 Å². The summed E-state index contributed by atoms with van der Waals surface area (Å²) in [5, 5.41) is 16.5. The van der Waals surface area contributed by atoms with Crippen LogP contribution in [0.1, 0.15) is 63.8 Å². The van der Waals surface area contributed by atoms with Crippen LogP contribution in [0, 0.1) is 6.92 Å². The van der Waals surface area contributed by atoms with E-state index in [1.54, 1.807) is 0 Å². The van der Waals surface area contributed by atoms with E-state index < -0.39 is 0 Å². The Kier molecular flexibility index (Phi) is 4.76. The van der Waals surface area contributed by atoms with Crippen LogP contribution in [0.4, 0.5) is 0 Å². The van der Waals surface area contributed by atoms with Crippen molar-refractivity contribution in [1.29, 1.82) is 0 Å². The fourth-order valence-electron chi connectivity index (χ4n) is 3.52. The Morgan fingerprint density at radius 1 is 1.22 bits per heavy atom. The predicted octanol–water partition coefficient (Wildman–Crippen LogP) is 3.52. The Bertz CT molecular complexity index is 644. The van der Waals surface area contributed by atoms with Crippen molar-refractivity contribution in [3.8, 4) is 5.69 Å². The average Bonchev–Trinajstić information content (AvgIpc) is 3.06. The van der Waals surface area contributed by atoms with Gasteiger partial charge in [-0.15, -0.1) is 5.10 Å². The molecule has 1 heterocycles. The van der Waals surface area contributed by atoms with Crippen molar-refractivity contribution in [2.24, 2.45) is 0 Å². The Hall–Kier alpha value is -1.75. The van der Waals surface area contributed by atoms with E-state index in [-0.39, 0.29) is 5.54 Å². The molecule has 0 aliphatic heterocycles. The summed E-state index contributed by atoms with van der Waals surface area (Å²) in [5.41, 5.74) is 2.02. The number of nitrogens with one attached hydrogen (secondary N) is 1. The monoisotopic (exact) mass is 313 g/mol. The molecule has 0 saturated heterocycles. The van der Waals surface area contributed by atoms with Gasteiger partial charge in [-0.25, -0.2) is 0 Å². The van der Waals surface area contributed by atoms with Gasteiger partial charge in [0.05, 0.1) is 11.2 Å². The van der Waals surface area contributed by atoms with Gasteiger partial charge in [-0.05, 0) is 55.2 Å². The summed E-state index contributed by atoms with van der Waals surface area (Å²) >= 11 is 0. The average molecular weight is 313 g/mol. The molecule has 1 atom stereocenters. The summed E-state index contributed by atoms with van der Waals surface area (Å²) in [4.78, 5) is 0. The summed E-state index contributed by atoms with van der Waals surface area (Å²) in [6.07, 6.45) is 7.46. The fraction of sp³-hybridized carbons (Fsp3) is 0.611. The molecule has 1 saturated carbocycles. The number of tetrazole rings is 1. The highest BCUT2D eigenvalue weighted by Gasteiger charge is 2.34. The third-order valence-electron chi connectivity index (χ3n) is 5.14. The van der Waals surface area contributed by atoms with Crippen molar-refractivity contribution in [1.82, 2.24) is 25.5 Å². The van der Waals surface area contributed by atoms with Gasteiger partial charge in [-0.3, -0.25) is 0 Å². The van der Waals surface area contributed by atoms with Crippen molar-refractivity contribution in [2.75, 3.05) is 0 Å². The quantitative estimate of drug-likeness (QED) is 0.917. The number of aromatic nitrogens is 4. The topological polar surface area (TPSA) is 55.6 Å². The highest BCUT2D eigenvalue weighted by Crippen LogP contribution is 2.28. The fourth-order valence-corrected chi connectivity index (χ4v) is 3.52. The second kappa shape index (κ2) is 6.79. The van der Waals surface area contributed by atoms with Gasteiger partial charge >= 0.3 is 0 Å². The van der Waals surface area contributed by atoms with Crippen LogP contribution in [0.3, 0.4) is 0 Å². The lowest BCUT2D eigenvalue weighted by Crippen LogP contribution is -2.47. The first-order valence-electron chi connectivity index (χ1n) is 8.76. The smallest absolute Gasteiger partial charge is 0.176 e. The molecule has 5 nitrogen and oxygen atoms in total. The molecule has 2 aromatic rings. The lowest BCUT2D eigenvalue weighted by Gasteiger charge is -2.35. The molecule has 0 spiro atoms. The molecule has 124 valence electrons. The van der Waals surface area contributed by atoms with Crippen LogP contribution >= 0.6 is 0 Å². The van der Waals surface area contributed by atoms with Crippen LogP contribution in [-0.4, -0.2) is 26.2 Å². The van der Waals surface area contributed by atoms with Crippen molar-refractivity contribution in [2.45, 2.75) is 70.9 Å². The zero-order valence-corrected chi connectivity index (χ0v) is 14.4. The van der Waals surface area contributed by atoms with E-state index in [0.29, 0.717) is 6.04 Å². The molecule has 0 bridgehead atoms. The first-order chi connectivity index (χ1) is 11.1. The van der Waals surface area contributed by atoms with Gasteiger partial charge in [-0.2, -0.15) is 4.68 Å². The van der Waals surface area contributed by atoms with Crippen LogP contribution in [0.2, 0.25) is 0 Å². The molecule has 1 aliphatic rings. The molecule has 0 amide bonds. The van der Waals surface area contributed by atoms with Gasteiger partial charge < -0.3 is 5.32 Å². The summed E-state index contributed by atoms with van der Waals surface area (Å²) in [6.45, 7) is 6.52. The lowest BCUT2D eigenvalue weighted by molar-refractivity contribution is 0.245. The van der Waals surface area contributed by atoms with Crippen molar-refractivity contribution in [3.63, 3.8) is 0 Å². The summed E-state index contributed by atoms with van der Waals surface area (Å²) in [7, 11) is 0. The number of rotatable bonds is 5. The Morgan fingerprint density at radius 3 is 2.65 bits per heavy atom. The minimum Gasteiger partial charge on any atom is -0.302 e. The highest BCUT2D eigenvalue weighted by atomic mass is 15.6. The van der Waals surface area contributed by atoms with Gasteiger partial charge in [0.15, 0.2) is 5.82 Å². The van der Waals surface area contributed by atoms with Gasteiger partial charge in [0.1, 0.15) is 0 Å². The first kappa shape index (κ1) is 16.1. The zero-order valence-electron chi connectivity index (χ0n) is 14.4. The van der Waals surface area contributed by atoms with E-state index in [0.717, 1.165) is 17.9 Å². The summed E-state index contributed by atoms with van der Waals surface area (Å²) in [5.74, 6) is 0.903. The van der Waals surface area contributed by atoms with Crippen LogP contribution in [0.5, 0.6) is 0 Å². The Balaban J connectivity index is 1.93. The number of hydrogen-bond acceptors (Lipinski definition) is 4. The predicted molar refractivity (Wildman–Crippen MR) is 91.5 cm³/mol. The van der Waals surface area contributed by atoms with Gasteiger partial charge in [0.25, 0.3) is 0 Å². The van der Waals surface area contributed by atoms with Crippen molar-refractivity contribution in [3.05, 3.63) is 35.7 Å². The molecule has 1 unspecified atom stereocenters. The maximum absolute atomic E-state index is 4.38. The molecule has 1 fully saturated rings. The second-order valence-corrected chi connectivity index (χ2v) is 6.87. The molecule has 1 N–H and O–H groups in total. The summed E-state index contributed by atoms with van der Waals surface area (Å²) in [6, 6.07) is 8.81. The minimum absolute atomic E-state index is 0.214. The van der Waals surface area contributed by atoms with Gasteiger partial charge in [-0.1, -0.05) is 44.4 Å². The molecule has 3 rings (SSSR count). The molecule has 1 aromatic carbocycles. The van der Waals surface area contributed by atoms with E-state index in [1.165, 1.54) is 37.7 Å². The number of para-hydroxylation sites is 1. The zero-order chi connectivity index (χ0) is 16.3. The summed E-state index contributed by atoms with van der Waals surface area (Å²) < 4.78 is 1.90. The second-order valence-electron chi connectivity index (χ2n) is 6.87. The van der Waals surface area contributed by atoms with E-state index in [1.807, 2.05) is 16.8 Å². The maximum atomic E-state index is 4.38. The molecule has 1 aromatic heterocycles. The standard InChI is InChI=1S/C18H27N5/c1-4-18(3,19-15-11-6-5-7-12-15)17-20-21-22-23(17)16-13-9-8-10-14(16)2/h8-10,13,15,19H,4-7,11-12H2,1-3H3. The molecule has 5 heteroatoms. The van der Waals surface area contributed by atoms with E-state index in [2.05, 4.69) is 53.7 Å². The molecular weight excluding hydrogens is 286 g/mol. The first-order valence-corrected chi connectivity index (χ1v) is 8.76. The minimum atomic E-state index is -0.214. The van der Waals surface area contributed by atoms with Crippen LogP contribution < -0.4 is 5.32 Å². The SMILES string of the molecule is CCC(C)(NC1CCCCC1)c1nnnn1-c1ccccc1C. The highest BCUT2D eigenvalue weighted by molar-refractivity contribution is 5.40. The number of aryl methyl sites for hydroxylation is 1. The van der Waals surface area contributed by atoms with E-state index >= 15 is 0 Å². The lowest BCUT2D eigenvalue weighted by atomic mass is 9.90. The van der Waals surface area contributed by atoms with E-state index in [9.17, 15) is 0 Å². The normalized spacial score (nSPS) is 18.7. The molecule has 23 heavy (non-hydrogen) atoms.